The molecule has 2 atom stereocenters. The van der Waals surface area contributed by atoms with Gasteiger partial charge in [-0.3, -0.25) is 4.79 Å². The molecule has 1 amide bonds. The fourth-order valence-electron chi connectivity index (χ4n) is 2.38. The predicted molar refractivity (Wildman–Crippen MR) is 86.0 cm³/mol. The van der Waals surface area contributed by atoms with E-state index < -0.39 is 12.0 Å². The van der Waals surface area contributed by atoms with Gasteiger partial charge in [0.15, 0.2) is 0 Å². The molecule has 0 fully saturated rings. The first-order chi connectivity index (χ1) is 10.4. The van der Waals surface area contributed by atoms with Crippen molar-refractivity contribution in [3.8, 4) is 0 Å². The molecule has 6 heteroatoms. The summed E-state index contributed by atoms with van der Waals surface area (Å²) in [6.45, 7) is 3.71. The number of carboxylic acids is 1. The maximum Gasteiger partial charge on any atom is 0.326 e. The molecule has 1 aromatic carbocycles. The Labute approximate surface area is 133 Å². The average Bonchev–Trinajstić information content (AvgIpc) is 2.86. The van der Waals surface area contributed by atoms with Gasteiger partial charge in [-0.25, -0.2) is 4.79 Å². The number of fused-ring (bicyclic) bond motifs is 1. The van der Waals surface area contributed by atoms with Gasteiger partial charge in [0.2, 0.25) is 5.91 Å². The van der Waals surface area contributed by atoms with Crippen molar-refractivity contribution < 1.29 is 14.7 Å². The number of carboxylic acid groups (broad SMARTS) is 1. The fourth-order valence-corrected chi connectivity index (χ4v) is 2.55. The van der Waals surface area contributed by atoms with Crippen LogP contribution in [0.2, 0.25) is 5.02 Å². The standard InChI is InChI=1S/C16H19ClN2O3/c1-3-9(2)15(16(21)22)19-14(20)6-10-8-18-13-5-4-11(17)7-12(10)13/h4-5,7-9,15,18H,3,6H2,1-2H3,(H,19,20)(H,21,22)/t9-,15-/m0/s1. The lowest BCUT2D eigenvalue weighted by Gasteiger charge is -2.20. The molecule has 3 N–H and O–H groups in total. The van der Waals surface area contributed by atoms with Crippen molar-refractivity contribution in [2.24, 2.45) is 5.92 Å². The molecule has 1 aromatic heterocycles. The Hall–Kier alpha value is -2.01. The highest BCUT2D eigenvalue weighted by Gasteiger charge is 2.25. The highest BCUT2D eigenvalue weighted by Crippen LogP contribution is 2.22. The van der Waals surface area contributed by atoms with Gasteiger partial charge in [0.1, 0.15) is 6.04 Å². The summed E-state index contributed by atoms with van der Waals surface area (Å²) in [5, 5.41) is 13.3. The van der Waals surface area contributed by atoms with E-state index in [-0.39, 0.29) is 18.2 Å². The molecule has 0 unspecified atom stereocenters. The zero-order valence-electron chi connectivity index (χ0n) is 12.5. The second-order valence-corrected chi connectivity index (χ2v) is 5.89. The number of carbonyl (C=O) groups excluding carboxylic acids is 1. The zero-order chi connectivity index (χ0) is 16.3. The van der Waals surface area contributed by atoms with Gasteiger partial charge < -0.3 is 15.4 Å². The van der Waals surface area contributed by atoms with Gasteiger partial charge >= 0.3 is 5.97 Å². The maximum absolute atomic E-state index is 12.2. The quantitative estimate of drug-likeness (QED) is 0.764. The van der Waals surface area contributed by atoms with Gasteiger partial charge in [-0.05, 0) is 29.7 Å². The van der Waals surface area contributed by atoms with Crippen molar-refractivity contribution >= 4 is 34.4 Å². The lowest BCUT2D eigenvalue weighted by Crippen LogP contribution is -2.45. The van der Waals surface area contributed by atoms with E-state index in [0.717, 1.165) is 16.5 Å². The van der Waals surface area contributed by atoms with Gasteiger partial charge in [-0.1, -0.05) is 31.9 Å². The molecule has 0 saturated heterocycles. The number of aromatic amines is 1. The number of H-pyrrole nitrogens is 1. The monoisotopic (exact) mass is 322 g/mol. The Morgan fingerprint density at radius 2 is 2.14 bits per heavy atom. The first-order valence-electron chi connectivity index (χ1n) is 7.20. The Morgan fingerprint density at radius 3 is 2.77 bits per heavy atom. The van der Waals surface area contributed by atoms with Crippen LogP contribution in [0.5, 0.6) is 0 Å². The number of hydrogen-bond donors (Lipinski definition) is 3. The van der Waals surface area contributed by atoms with Crippen LogP contribution in [-0.4, -0.2) is 28.0 Å². The first-order valence-corrected chi connectivity index (χ1v) is 7.57. The second kappa shape index (κ2) is 6.83. The number of carbonyl (C=O) groups is 2. The van der Waals surface area contributed by atoms with Gasteiger partial charge in [0.25, 0.3) is 0 Å². The van der Waals surface area contributed by atoms with Gasteiger partial charge in [0, 0.05) is 22.1 Å². The van der Waals surface area contributed by atoms with Crippen LogP contribution in [0.25, 0.3) is 10.9 Å². The van der Waals surface area contributed by atoms with Crippen LogP contribution in [0.15, 0.2) is 24.4 Å². The minimum atomic E-state index is -1.01. The van der Waals surface area contributed by atoms with Crippen molar-refractivity contribution in [1.82, 2.24) is 10.3 Å². The summed E-state index contributed by atoms with van der Waals surface area (Å²) in [6.07, 6.45) is 2.54. The van der Waals surface area contributed by atoms with E-state index in [4.69, 9.17) is 11.6 Å². The molecule has 2 aromatic rings. The third kappa shape index (κ3) is 3.60. The van der Waals surface area contributed by atoms with Crippen LogP contribution in [0.1, 0.15) is 25.8 Å². The average molecular weight is 323 g/mol. The molecular weight excluding hydrogens is 304 g/mol. The van der Waals surface area contributed by atoms with Crippen LogP contribution < -0.4 is 5.32 Å². The smallest absolute Gasteiger partial charge is 0.326 e. The summed E-state index contributed by atoms with van der Waals surface area (Å²) in [5.41, 5.74) is 1.69. The summed E-state index contributed by atoms with van der Waals surface area (Å²) < 4.78 is 0. The largest absolute Gasteiger partial charge is 0.480 e. The first kappa shape index (κ1) is 16.4. The minimum absolute atomic E-state index is 0.112. The number of hydrogen-bond acceptors (Lipinski definition) is 2. The van der Waals surface area contributed by atoms with Crippen molar-refractivity contribution in [1.29, 1.82) is 0 Å². The molecule has 2 rings (SSSR count). The molecule has 0 bridgehead atoms. The maximum atomic E-state index is 12.2. The Morgan fingerprint density at radius 1 is 1.41 bits per heavy atom. The third-order valence-corrected chi connectivity index (χ3v) is 4.11. The molecule has 1 heterocycles. The van der Waals surface area contributed by atoms with E-state index in [1.54, 1.807) is 18.3 Å². The number of aliphatic carboxylic acids is 1. The molecule has 22 heavy (non-hydrogen) atoms. The molecular formula is C16H19ClN2O3. The van der Waals surface area contributed by atoms with Crippen LogP contribution in [0.4, 0.5) is 0 Å². The van der Waals surface area contributed by atoms with Crippen molar-refractivity contribution in [3.05, 3.63) is 35.0 Å². The van der Waals surface area contributed by atoms with Crippen LogP contribution >= 0.6 is 11.6 Å². The molecule has 0 saturated carbocycles. The van der Waals surface area contributed by atoms with E-state index >= 15 is 0 Å². The van der Waals surface area contributed by atoms with Gasteiger partial charge in [0.05, 0.1) is 6.42 Å². The van der Waals surface area contributed by atoms with Gasteiger partial charge in [-0.15, -0.1) is 0 Å². The normalized spacial score (nSPS) is 13.8. The Balaban J connectivity index is 2.13. The number of benzene rings is 1. The number of amides is 1. The highest BCUT2D eigenvalue weighted by atomic mass is 35.5. The van der Waals surface area contributed by atoms with Crippen LogP contribution in [0.3, 0.4) is 0 Å². The summed E-state index contributed by atoms with van der Waals surface area (Å²) in [7, 11) is 0. The minimum Gasteiger partial charge on any atom is -0.480 e. The van der Waals surface area contributed by atoms with Crippen molar-refractivity contribution in [2.75, 3.05) is 0 Å². The molecule has 0 spiro atoms. The van der Waals surface area contributed by atoms with Crippen molar-refractivity contribution in [2.45, 2.75) is 32.7 Å². The molecule has 0 aliphatic rings. The van der Waals surface area contributed by atoms with Crippen molar-refractivity contribution in [3.63, 3.8) is 0 Å². The van der Waals surface area contributed by atoms with E-state index in [1.165, 1.54) is 0 Å². The summed E-state index contributed by atoms with van der Waals surface area (Å²) in [4.78, 5) is 26.5. The summed E-state index contributed by atoms with van der Waals surface area (Å²) in [6, 6.07) is 4.54. The molecule has 0 aliphatic carbocycles. The third-order valence-electron chi connectivity index (χ3n) is 3.88. The molecule has 5 nitrogen and oxygen atoms in total. The lowest BCUT2D eigenvalue weighted by molar-refractivity contribution is -0.143. The topological polar surface area (TPSA) is 82.2 Å². The summed E-state index contributed by atoms with van der Waals surface area (Å²) in [5.74, 6) is -1.45. The number of rotatable bonds is 6. The van der Waals surface area contributed by atoms with Gasteiger partial charge in [-0.2, -0.15) is 0 Å². The number of aromatic nitrogens is 1. The lowest BCUT2D eigenvalue weighted by atomic mass is 9.99. The van der Waals surface area contributed by atoms with Crippen LogP contribution in [0, 0.1) is 5.92 Å². The zero-order valence-corrected chi connectivity index (χ0v) is 13.3. The molecule has 0 aliphatic heterocycles. The second-order valence-electron chi connectivity index (χ2n) is 5.45. The fraction of sp³-hybridized carbons (Fsp3) is 0.375. The SMILES string of the molecule is CC[C@H](C)[C@H](NC(=O)Cc1c[nH]c2ccc(Cl)cc12)C(=O)O. The van der Waals surface area contributed by atoms with Crippen LogP contribution in [-0.2, 0) is 16.0 Å². The highest BCUT2D eigenvalue weighted by molar-refractivity contribution is 6.31. The number of nitrogens with one attached hydrogen (secondary N) is 2. The Kier molecular flexibility index (Phi) is 5.08. The van der Waals surface area contributed by atoms with E-state index in [0.29, 0.717) is 11.4 Å². The molecule has 118 valence electrons. The molecule has 0 radical (unpaired) electrons. The van der Waals surface area contributed by atoms with E-state index in [1.807, 2.05) is 19.9 Å². The number of halogens is 1. The Bertz CT molecular complexity index is 696. The van der Waals surface area contributed by atoms with E-state index in [2.05, 4.69) is 10.3 Å². The van der Waals surface area contributed by atoms with E-state index in [9.17, 15) is 14.7 Å². The predicted octanol–water partition coefficient (Wildman–Crippen LogP) is 2.98. The summed E-state index contributed by atoms with van der Waals surface area (Å²) >= 11 is 5.98.